The van der Waals surface area contributed by atoms with Gasteiger partial charge in [-0.15, -0.1) is 0 Å². The molecule has 36 heavy (non-hydrogen) atoms. The van der Waals surface area contributed by atoms with E-state index in [0.717, 1.165) is 57.9 Å². The molecule has 7 heteroatoms. The fourth-order valence-corrected chi connectivity index (χ4v) is 6.10. The van der Waals surface area contributed by atoms with E-state index in [1.54, 1.807) is 0 Å². The standard InChI is InChI=1S/C29H33NO5S/c1-18-12-23(35-22-8-10-36-11-9-22)13-19(2)29(18)25-4-3-5-27(30-25)34-16-20-6-7-24-21(15-28(31)32)17-33-26(24)14-20/h3-7,12-14,21-22,28,31-32H,8-11,15-17H2,1-2H3. The first kappa shape index (κ1) is 24.9. The number of ether oxygens (including phenoxy) is 3. The number of pyridine rings is 1. The molecule has 1 atom stereocenters. The van der Waals surface area contributed by atoms with E-state index in [1.807, 2.05) is 48.2 Å². The predicted octanol–water partition coefficient (Wildman–Crippen LogP) is 5.40. The van der Waals surface area contributed by atoms with Crippen molar-refractivity contribution in [2.75, 3.05) is 18.1 Å². The summed E-state index contributed by atoms with van der Waals surface area (Å²) in [5.41, 5.74) is 6.24. The Labute approximate surface area is 216 Å². The van der Waals surface area contributed by atoms with Gasteiger partial charge in [-0.05, 0) is 79.2 Å². The number of nitrogens with zero attached hydrogens (tertiary/aromatic N) is 1. The van der Waals surface area contributed by atoms with E-state index in [-0.39, 0.29) is 12.3 Å². The van der Waals surface area contributed by atoms with Crippen LogP contribution < -0.4 is 14.2 Å². The van der Waals surface area contributed by atoms with Gasteiger partial charge in [0.25, 0.3) is 0 Å². The number of hydrogen-bond donors (Lipinski definition) is 2. The molecular weight excluding hydrogens is 474 g/mol. The summed E-state index contributed by atoms with van der Waals surface area (Å²) in [6.07, 6.45) is 1.45. The maximum Gasteiger partial charge on any atom is 0.214 e. The largest absolute Gasteiger partial charge is 0.493 e. The lowest BCUT2D eigenvalue weighted by molar-refractivity contribution is -0.0506. The highest BCUT2D eigenvalue weighted by Gasteiger charge is 2.26. The zero-order valence-electron chi connectivity index (χ0n) is 20.8. The van der Waals surface area contributed by atoms with E-state index in [2.05, 4.69) is 26.0 Å². The normalized spacial score (nSPS) is 17.6. The summed E-state index contributed by atoms with van der Waals surface area (Å²) in [6.45, 7) is 5.04. The van der Waals surface area contributed by atoms with E-state index in [4.69, 9.17) is 19.2 Å². The number of thioether (sulfide) groups is 1. The molecule has 0 radical (unpaired) electrons. The van der Waals surface area contributed by atoms with E-state index < -0.39 is 6.29 Å². The molecule has 3 heterocycles. The zero-order chi connectivity index (χ0) is 25.1. The average molecular weight is 508 g/mol. The Morgan fingerprint density at radius 3 is 2.58 bits per heavy atom. The third-order valence-electron chi connectivity index (χ3n) is 6.80. The summed E-state index contributed by atoms with van der Waals surface area (Å²) >= 11 is 2.00. The molecule has 1 unspecified atom stereocenters. The van der Waals surface area contributed by atoms with Gasteiger partial charge in [0.1, 0.15) is 24.2 Å². The second-order valence-electron chi connectivity index (χ2n) is 9.61. The van der Waals surface area contributed by atoms with Gasteiger partial charge < -0.3 is 24.4 Å². The van der Waals surface area contributed by atoms with Gasteiger partial charge in [0, 0.05) is 29.5 Å². The Hall–Kier alpha value is -2.74. The van der Waals surface area contributed by atoms with Crippen molar-refractivity contribution < 1.29 is 24.4 Å². The molecule has 2 N–H and O–H groups in total. The SMILES string of the molecule is Cc1cc(OC2CCSCC2)cc(C)c1-c1cccc(OCc2ccc3c(c2)OCC3CC(O)O)n1. The number of rotatable bonds is 8. The maximum absolute atomic E-state index is 9.29. The molecule has 0 saturated carbocycles. The summed E-state index contributed by atoms with van der Waals surface area (Å²) in [6, 6.07) is 16.0. The molecule has 5 rings (SSSR count). The summed E-state index contributed by atoms with van der Waals surface area (Å²) in [7, 11) is 0. The molecule has 3 aromatic rings. The smallest absolute Gasteiger partial charge is 0.214 e. The highest BCUT2D eigenvalue weighted by Crippen LogP contribution is 2.37. The van der Waals surface area contributed by atoms with E-state index >= 15 is 0 Å². The Morgan fingerprint density at radius 1 is 1.06 bits per heavy atom. The van der Waals surface area contributed by atoms with Crippen molar-refractivity contribution >= 4 is 11.8 Å². The van der Waals surface area contributed by atoms with Crippen LogP contribution in [0.3, 0.4) is 0 Å². The quantitative estimate of drug-likeness (QED) is 0.395. The van der Waals surface area contributed by atoms with Gasteiger partial charge in [0.2, 0.25) is 5.88 Å². The van der Waals surface area contributed by atoms with Gasteiger partial charge in [0.05, 0.1) is 12.3 Å². The van der Waals surface area contributed by atoms with Crippen LogP contribution in [0.15, 0.2) is 48.5 Å². The first-order valence-electron chi connectivity index (χ1n) is 12.5. The van der Waals surface area contributed by atoms with Gasteiger partial charge >= 0.3 is 0 Å². The average Bonchev–Trinajstić information content (AvgIpc) is 3.24. The molecule has 2 aromatic carbocycles. The second kappa shape index (κ2) is 11.1. The molecule has 6 nitrogen and oxygen atoms in total. The minimum absolute atomic E-state index is 0.00162. The maximum atomic E-state index is 9.29. The van der Waals surface area contributed by atoms with Crippen LogP contribution >= 0.6 is 11.8 Å². The zero-order valence-corrected chi connectivity index (χ0v) is 21.6. The van der Waals surface area contributed by atoms with Crippen molar-refractivity contribution in [3.63, 3.8) is 0 Å². The monoisotopic (exact) mass is 507 g/mol. The second-order valence-corrected chi connectivity index (χ2v) is 10.8. The number of aromatic nitrogens is 1. The summed E-state index contributed by atoms with van der Waals surface area (Å²) in [4.78, 5) is 4.79. The Bertz CT molecular complexity index is 1190. The molecule has 0 spiro atoms. The molecule has 0 aliphatic carbocycles. The molecule has 190 valence electrons. The molecule has 1 fully saturated rings. The minimum atomic E-state index is -1.34. The highest BCUT2D eigenvalue weighted by atomic mass is 32.2. The molecule has 1 saturated heterocycles. The highest BCUT2D eigenvalue weighted by molar-refractivity contribution is 7.99. The van der Waals surface area contributed by atoms with Crippen LogP contribution in [0, 0.1) is 13.8 Å². The van der Waals surface area contributed by atoms with E-state index in [1.165, 1.54) is 11.5 Å². The third-order valence-corrected chi connectivity index (χ3v) is 7.85. The Kier molecular flexibility index (Phi) is 7.70. The van der Waals surface area contributed by atoms with Crippen molar-refractivity contribution in [1.29, 1.82) is 0 Å². The van der Waals surface area contributed by atoms with Crippen molar-refractivity contribution in [3.05, 3.63) is 70.8 Å². The van der Waals surface area contributed by atoms with Crippen LogP contribution in [0.4, 0.5) is 0 Å². The van der Waals surface area contributed by atoms with Crippen LogP contribution in [0.5, 0.6) is 17.4 Å². The first-order chi connectivity index (χ1) is 17.5. The van der Waals surface area contributed by atoms with Crippen molar-refractivity contribution in [2.45, 2.75) is 58.0 Å². The van der Waals surface area contributed by atoms with Gasteiger partial charge in [-0.3, -0.25) is 0 Å². The van der Waals surface area contributed by atoms with Crippen molar-refractivity contribution in [3.8, 4) is 28.6 Å². The van der Waals surface area contributed by atoms with E-state index in [9.17, 15) is 10.2 Å². The number of aliphatic hydroxyl groups is 2. The van der Waals surface area contributed by atoms with Gasteiger partial charge in [-0.25, -0.2) is 4.98 Å². The third kappa shape index (κ3) is 5.80. The number of benzene rings is 2. The number of aliphatic hydroxyl groups excluding tert-OH is 1. The Balaban J connectivity index is 1.27. The van der Waals surface area contributed by atoms with Crippen LogP contribution in [-0.4, -0.2) is 45.7 Å². The topological polar surface area (TPSA) is 81.0 Å². The number of aryl methyl sites for hydroxylation is 2. The number of fused-ring (bicyclic) bond motifs is 1. The van der Waals surface area contributed by atoms with Crippen LogP contribution in [0.2, 0.25) is 0 Å². The molecule has 0 amide bonds. The lowest BCUT2D eigenvalue weighted by Crippen LogP contribution is -2.22. The molecule has 1 aromatic heterocycles. The summed E-state index contributed by atoms with van der Waals surface area (Å²) in [5, 5.41) is 18.6. The molecule has 2 aliphatic rings. The fourth-order valence-electron chi connectivity index (χ4n) is 5.03. The lowest BCUT2D eigenvalue weighted by atomic mass is 9.97. The number of hydrogen-bond acceptors (Lipinski definition) is 7. The van der Waals surface area contributed by atoms with Crippen molar-refractivity contribution in [2.24, 2.45) is 0 Å². The van der Waals surface area contributed by atoms with Crippen LogP contribution in [0.1, 0.15) is 47.4 Å². The summed E-state index contributed by atoms with van der Waals surface area (Å²) < 4.78 is 18.1. The van der Waals surface area contributed by atoms with Crippen molar-refractivity contribution in [1.82, 2.24) is 4.98 Å². The van der Waals surface area contributed by atoms with E-state index in [0.29, 0.717) is 25.2 Å². The lowest BCUT2D eigenvalue weighted by Gasteiger charge is -2.23. The van der Waals surface area contributed by atoms with Crippen LogP contribution in [-0.2, 0) is 6.61 Å². The molecule has 0 bridgehead atoms. The van der Waals surface area contributed by atoms with Crippen LogP contribution in [0.25, 0.3) is 11.3 Å². The first-order valence-corrected chi connectivity index (χ1v) is 13.7. The predicted molar refractivity (Wildman–Crippen MR) is 142 cm³/mol. The van der Waals surface area contributed by atoms with Gasteiger partial charge in [-0.1, -0.05) is 18.2 Å². The van der Waals surface area contributed by atoms with Gasteiger partial charge in [-0.2, -0.15) is 11.8 Å². The summed E-state index contributed by atoms with van der Waals surface area (Å²) in [5.74, 6) is 4.62. The molecule has 2 aliphatic heterocycles. The van der Waals surface area contributed by atoms with Gasteiger partial charge in [0.15, 0.2) is 6.29 Å². The Morgan fingerprint density at radius 2 is 1.83 bits per heavy atom. The molecular formula is C29H33NO5S. The fraction of sp³-hybridized carbons (Fsp3) is 0.414. The minimum Gasteiger partial charge on any atom is -0.493 e.